The molecule has 0 bridgehead atoms. The van der Waals surface area contributed by atoms with Gasteiger partial charge >= 0.3 is 6.18 Å². The molecular formula is C21H22F4N4O2. The molecule has 0 unspecified atom stereocenters. The summed E-state index contributed by atoms with van der Waals surface area (Å²) in [4.78, 5) is 25.9. The van der Waals surface area contributed by atoms with E-state index >= 15 is 0 Å². The highest BCUT2D eigenvalue weighted by Crippen LogP contribution is 2.36. The normalized spacial score (nSPS) is 13.7. The predicted octanol–water partition coefficient (Wildman–Crippen LogP) is 3.61. The number of benzene rings is 2. The van der Waals surface area contributed by atoms with Crippen LogP contribution in [0.4, 0.5) is 34.6 Å². The molecule has 0 aromatic heterocycles. The van der Waals surface area contributed by atoms with Gasteiger partial charge in [0.1, 0.15) is 5.82 Å². The summed E-state index contributed by atoms with van der Waals surface area (Å²) in [5.41, 5.74) is 0.380. The van der Waals surface area contributed by atoms with Crippen molar-refractivity contribution in [2.24, 2.45) is 0 Å². The van der Waals surface area contributed by atoms with Crippen molar-refractivity contribution in [1.29, 1.82) is 0 Å². The van der Waals surface area contributed by atoms with Crippen molar-refractivity contribution >= 4 is 28.9 Å². The van der Waals surface area contributed by atoms with E-state index in [0.29, 0.717) is 11.4 Å². The SMILES string of the molecule is O=C(CNc1cc(C(F)(F)F)ccc1N1CCCC1)NCC(=O)Nc1ccc(F)cc1. The van der Waals surface area contributed by atoms with Crippen LogP contribution in [0.1, 0.15) is 18.4 Å². The molecular weight excluding hydrogens is 416 g/mol. The summed E-state index contributed by atoms with van der Waals surface area (Å²) in [7, 11) is 0. The third-order valence-corrected chi connectivity index (χ3v) is 4.78. The number of amides is 2. The van der Waals surface area contributed by atoms with Gasteiger partial charge in [0.2, 0.25) is 11.8 Å². The monoisotopic (exact) mass is 438 g/mol. The van der Waals surface area contributed by atoms with E-state index in [0.717, 1.165) is 38.1 Å². The maximum absolute atomic E-state index is 13.1. The largest absolute Gasteiger partial charge is 0.416 e. The van der Waals surface area contributed by atoms with Crippen LogP contribution in [0.15, 0.2) is 42.5 Å². The number of nitrogens with one attached hydrogen (secondary N) is 3. The summed E-state index contributed by atoms with van der Waals surface area (Å²) < 4.78 is 52.2. The van der Waals surface area contributed by atoms with Crippen LogP contribution in [-0.2, 0) is 15.8 Å². The molecule has 3 N–H and O–H groups in total. The number of hydrogen-bond donors (Lipinski definition) is 3. The number of carbonyl (C=O) groups excluding carboxylic acids is 2. The first kappa shape index (κ1) is 22.4. The van der Waals surface area contributed by atoms with Gasteiger partial charge < -0.3 is 20.9 Å². The van der Waals surface area contributed by atoms with Gasteiger partial charge in [-0.1, -0.05) is 0 Å². The van der Waals surface area contributed by atoms with E-state index in [4.69, 9.17) is 0 Å². The zero-order valence-corrected chi connectivity index (χ0v) is 16.6. The Bertz CT molecular complexity index is 926. The highest BCUT2D eigenvalue weighted by atomic mass is 19.4. The first-order valence-electron chi connectivity index (χ1n) is 9.74. The second-order valence-corrected chi connectivity index (χ2v) is 7.11. The van der Waals surface area contributed by atoms with E-state index in [1.807, 2.05) is 4.90 Å². The van der Waals surface area contributed by atoms with E-state index < -0.39 is 29.4 Å². The Balaban J connectivity index is 1.57. The minimum absolute atomic E-state index is 0.211. The first-order chi connectivity index (χ1) is 14.7. The van der Waals surface area contributed by atoms with Crippen molar-refractivity contribution in [2.75, 3.05) is 41.7 Å². The van der Waals surface area contributed by atoms with Crippen molar-refractivity contribution in [3.8, 4) is 0 Å². The Morgan fingerprint density at radius 3 is 2.26 bits per heavy atom. The summed E-state index contributed by atoms with van der Waals surface area (Å²) in [6.07, 6.45) is -2.60. The summed E-state index contributed by atoms with van der Waals surface area (Å²) >= 11 is 0. The number of rotatable bonds is 7. The van der Waals surface area contributed by atoms with Gasteiger partial charge in [0.15, 0.2) is 0 Å². The maximum Gasteiger partial charge on any atom is 0.416 e. The number of alkyl halides is 3. The molecule has 2 aromatic carbocycles. The molecule has 0 atom stereocenters. The lowest BCUT2D eigenvalue weighted by Gasteiger charge is -2.23. The van der Waals surface area contributed by atoms with Crippen LogP contribution in [0.2, 0.25) is 0 Å². The molecule has 6 nitrogen and oxygen atoms in total. The molecule has 0 radical (unpaired) electrons. The molecule has 2 aromatic rings. The van der Waals surface area contributed by atoms with E-state index in [1.165, 1.54) is 30.3 Å². The summed E-state index contributed by atoms with van der Waals surface area (Å²) in [6.45, 7) is 0.830. The molecule has 1 aliphatic heterocycles. The van der Waals surface area contributed by atoms with Crippen molar-refractivity contribution in [3.05, 3.63) is 53.8 Å². The second kappa shape index (κ2) is 9.67. The maximum atomic E-state index is 13.1. The van der Waals surface area contributed by atoms with Gasteiger partial charge in [-0.15, -0.1) is 0 Å². The van der Waals surface area contributed by atoms with Crippen molar-refractivity contribution in [3.63, 3.8) is 0 Å². The lowest BCUT2D eigenvalue weighted by atomic mass is 10.1. The fourth-order valence-electron chi connectivity index (χ4n) is 3.24. The van der Waals surface area contributed by atoms with Gasteiger partial charge in [0.05, 0.1) is 30.0 Å². The van der Waals surface area contributed by atoms with Gasteiger partial charge in [-0.2, -0.15) is 13.2 Å². The Kier molecular flexibility index (Phi) is 6.98. The lowest BCUT2D eigenvalue weighted by Crippen LogP contribution is -2.36. The zero-order chi connectivity index (χ0) is 22.4. The lowest BCUT2D eigenvalue weighted by molar-refractivity contribution is -0.137. The smallest absolute Gasteiger partial charge is 0.374 e. The molecule has 0 saturated carbocycles. The molecule has 2 amide bonds. The van der Waals surface area contributed by atoms with Crippen LogP contribution in [0.25, 0.3) is 0 Å². The summed E-state index contributed by atoms with van der Waals surface area (Å²) in [5, 5.41) is 7.65. The second-order valence-electron chi connectivity index (χ2n) is 7.11. The van der Waals surface area contributed by atoms with E-state index in [1.54, 1.807) is 0 Å². The van der Waals surface area contributed by atoms with Crippen molar-refractivity contribution in [2.45, 2.75) is 19.0 Å². The van der Waals surface area contributed by atoms with Crippen molar-refractivity contribution in [1.82, 2.24) is 5.32 Å². The van der Waals surface area contributed by atoms with E-state index in [2.05, 4.69) is 16.0 Å². The van der Waals surface area contributed by atoms with Gasteiger partial charge in [-0.25, -0.2) is 4.39 Å². The summed E-state index contributed by atoms with van der Waals surface area (Å²) in [5.74, 6) is -1.52. The Morgan fingerprint density at radius 1 is 0.935 bits per heavy atom. The van der Waals surface area contributed by atoms with E-state index in [9.17, 15) is 27.2 Å². The quantitative estimate of drug-likeness (QED) is 0.578. The van der Waals surface area contributed by atoms with Crippen LogP contribution in [-0.4, -0.2) is 38.0 Å². The first-order valence-corrected chi connectivity index (χ1v) is 9.74. The van der Waals surface area contributed by atoms with Crippen molar-refractivity contribution < 1.29 is 27.2 Å². The zero-order valence-electron chi connectivity index (χ0n) is 16.6. The van der Waals surface area contributed by atoms with Crippen LogP contribution in [0, 0.1) is 5.82 Å². The van der Waals surface area contributed by atoms with Gasteiger partial charge in [-0.3, -0.25) is 9.59 Å². The third kappa shape index (κ3) is 6.34. The molecule has 1 aliphatic rings. The molecule has 1 saturated heterocycles. The fourth-order valence-corrected chi connectivity index (χ4v) is 3.24. The summed E-state index contributed by atoms with van der Waals surface area (Å²) in [6, 6.07) is 8.55. The number of nitrogens with zero attached hydrogens (tertiary/aromatic N) is 1. The van der Waals surface area contributed by atoms with E-state index in [-0.39, 0.29) is 18.8 Å². The third-order valence-electron chi connectivity index (χ3n) is 4.78. The van der Waals surface area contributed by atoms with Gasteiger partial charge in [0, 0.05) is 18.8 Å². The predicted molar refractivity (Wildman–Crippen MR) is 109 cm³/mol. The molecule has 1 fully saturated rings. The average molecular weight is 438 g/mol. The van der Waals surface area contributed by atoms with Crippen LogP contribution >= 0.6 is 0 Å². The number of anilines is 3. The Labute approximate surface area is 176 Å². The molecule has 10 heteroatoms. The van der Waals surface area contributed by atoms with Crippen LogP contribution < -0.4 is 20.9 Å². The average Bonchev–Trinajstić information content (AvgIpc) is 3.26. The number of hydrogen-bond acceptors (Lipinski definition) is 4. The minimum Gasteiger partial charge on any atom is -0.374 e. The molecule has 3 rings (SSSR count). The number of carbonyl (C=O) groups is 2. The molecule has 0 aliphatic carbocycles. The molecule has 1 heterocycles. The van der Waals surface area contributed by atoms with Crippen LogP contribution in [0.3, 0.4) is 0 Å². The Hall–Kier alpha value is -3.30. The minimum atomic E-state index is -4.50. The number of halogens is 4. The fraction of sp³-hybridized carbons (Fsp3) is 0.333. The van der Waals surface area contributed by atoms with Crippen LogP contribution in [0.5, 0.6) is 0 Å². The standard InChI is InChI=1S/C21H22F4N4O2/c22-15-4-6-16(7-5-15)28-20(31)13-27-19(30)12-26-17-11-14(21(23,24)25)3-8-18(17)29-9-1-2-10-29/h3-8,11,26H,1-2,9-10,12-13H2,(H,27,30)(H,28,31). The highest BCUT2D eigenvalue weighted by molar-refractivity contribution is 5.95. The Morgan fingerprint density at radius 2 is 1.61 bits per heavy atom. The molecule has 0 spiro atoms. The van der Waals surface area contributed by atoms with Gasteiger partial charge in [0.25, 0.3) is 0 Å². The molecule has 31 heavy (non-hydrogen) atoms. The molecule has 166 valence electrons. The topological polar surface area (TPSA) is 73.5 Å². The highest BCUT2D eigenvalue weighted by Gasteiger charge is 2.31. The van der Waals surface area contributed by atoms with Gasteiger partial charge in [-0.05, 0) is 55.3 Å².